The quantitative estimate of drug-likeness (QED) is 0.299. The summed E-state index contributed by atoms with van der Waals surface area (Å²) in [6, 6.07) is 9.93. The number of rotatable bonds is 12. The summed E-state index contributed by atoms with van der Waals surface area (Å²) < 4.78 is 28.7. The molecule has 1 amide bonds. The van der Waals surface area contributed by atoms with Gasteiger partial charge in [-0.1, -0.05) is 53.7 Å². The largest absolute Gasteiger partial charge is 0.385 e. The summed E-state index contributed by atoms with van der Waals surface area (Å²) in [6.45, 7) is 12.9. The average molecular weight is 478 g/mol. The van der Waals surface area contributed by atoms with Gasteiger partial charge in [-0.3, -0.25) is 10.0 Å². The molecule has 0 saturated heterocycles. The maximum absolute atomic E-state index is 13.7. The van der Waals surface area contributed by atoms with Gasteiger partial charge in [0, 0.05) is 18.8 Å². The van der Waals surface area contributed by atoms with Crippen molar-refractivity contribution in [3.05, 3.63) is 36.4 Å². The number of anilines is 1. The van der Waals surface area contributed by atoms with E-state index in [-0.39, 0.29) is 23.3 Å². The molecule has 0 aliphatic carbocycles. The normalized spacial score (nSPS) is 13.3. The van der Waals surface area contributed by atoms with Gasteiger partial charge in [0.05, 0.1) is 4.90 Å². The Labute approximate surface area is 198 Å². The summed E-state index contributed by atoms with van der Waals surface area (Å²) >= 11 is 0. The van der Waals surface area contributed by atoms with Gasteiger partial charge in [0.1, 0.15) is 6.04 Å². The van der Waals surface area contributed by atoms with E-state index >= 15 is 0 Å². The number of nitrogens with zero attached hydrogens (tertiary/aromatic N) is 1. The van der Waals surface area contributed by atoms with Crippen molar-refractivity contribution in [3.63, 3.8) is 0 Å². The van der Waals surface area contributed by atoms with Gasteiger partial charge in [-0.05, 0) is 65.6 Å². The molecule has 0 bridgehead atoms. The van der Waals surface area contributed by atoms with Crippen molar-refractivity contribution in [2.45, 2.75) is 65.3 Å². The summed E-state index contributed by atoms with van der Waals surface area (Å²) in [5.74, 6) is -0.202. The molecule has 33 heavy (non-hydrogen) atoms. The van der Waals surface area contributed by atoms with Crippen molar-refractivity contribution in [2.75, 3.05) is 18.4 Å². The van der Waals surface area contributed by atoms with Crippen LogP contribution in [0.25, 0.3) is 10.8 Å². The molecule has 184 valence electrons. The van der Waals surface area contributed by atoms with Crippen LogP contribution in [0.1, 0.15) is 54.4 Å². The third-order valence-corrected chi connectivity index (χ3v) is 7.59. The second-order valence-corrected chi connectivity index (χ2v) is 11.7. The fourth-order valence-electron chi connectivity index (χ4n) is 3.76. The van der Waals surface area contributed by atoms with E-state index < -0.39 is 22.0 Å². The van der Waals surface area contributed by atoms with E-state index in [9.17, 15) is 18.4 Å². The van der Waals surface area contributed by atoms with E-state index in [1.54, 1.807) is 37.5 Å². The molecule has 0 fully saturated rings. The highest BCUT2D eigenvalue weighted by atomic mass is 32.2. The molecule has 0 aliphatic heterocycles. The Hall–Kier alpha value is -2.16. The Kier molecular flexibility index (Phi) is 9.70. The first-order chi connectivity index (χ1) is 15.5. The zero-order valence-corrected chi connectivity index (χ0v) is 21.4. The highest BCUT2D eigenvalue weighted by Crippen LogP contribution is 2.28. The molecule has 0 radical (unpaired) electrons. The van der Waals surface area contributed by atoms with Crippen molar-refractivity contribution in [1.29, 1.82) is 0 Å². The molecule has 8 heteroatoms. The molecule has 1 atom stereocenters. The molecule has 2 aromatic rings. The van der Waals surface area contributed by atoms with Gasteiger partial charge in [0.2, 0.25) is 10.0 Å². The number of hydroxylamine groups is 1. The van der Waals surface area contributed by atoms with Crippen molar-refractivity contribution in [3.8, 4) is 0 Å². The van der Waals surface area contributed by atoms with Crippen LogP contribution in [-0.4, -0.2) is 43.0 Å². The van der Waals surface area contributed by atoms with E-state index in [2.05, 4.69) is 19.2 Å². The monoisotopic (exact) mass is 477 g/mol. The summed E-state index contributed by atoms with van der Waals surface area (Å²) in [5.41, 5.74) is 2.59. The lowest BCUT2D eigenvalue weighted by atomic mass is 10.0. The highest BCUT2D eigenvalue weighted by molar-refractivity contribution is 7.89. The molecule has 0 aromatic heterocycles. The molecule has 0 heterocycles. The third-order valence-electron chi connectivity index (χ3n) is 5.72. The van der Waals surface area contributed by atoms with Crippen molar-refractivity contribution in [1.82, 2.24) is 9.79 Å². The molecule has 7 nitrogen and oxygen atoms in total. The lowest BCUT2D eigenvalue weighted by molar-refractivity contribution is -0.134. The van der Waals surface area contributed by atoms with Gasteiger partial charge < -0.3 is 5.32 Å². The number of fused-ring (bicyclic) bond motifs is 1. The van der Waals surface area contributed by atoms with Crippen LogP contribution in [0.5, 0.6) is 0 Å². The third kappa shape index (κ3) is 7.16. The van der Waals surface area contributed by atoms with Crippen LogP contribution in [0, 0.1) is 17.8 Å². The summed E-state index contributed by atoms with van der Waals surface area (Å²) in [7, 11) is -3.99. The minimum Gasteiger partial charge on any atom is -0.385 e. The van der Waals surface area contributed by atoms with E-state index in [1.165, 1.54) is 4.31 Å². The summed E-state index contributed by atoms with van der Waals surface area (Å²) in [6.07, 6.45) is 1.64. The number of amides is 1. The Morgan fingerprint density at radius 3 is 2.15 bits per heavy atom. The lowest BCUT2D eigenvalue weighted by Crippen LogP contribution is -2.52. The summed E-state index contributed by atoms with van der Waals surface area (Å²) in [4.78, 5) is 12.6. The number of sulfonamides is 1. The van der Waals surface area contributed by atoms with Gasteiger partial charge in [0.15, 0.2) is 0 Å². The SMILES string of the molecule is CC(C)CCNc1ccc2ccc(S(=O)(=O)N(CCC(C)C)C(C(=O)NO)C(C)C)cc2c1. The minimum absolute atomic E-state index is 0.134. The Bertz CT molecular complexity index is 1040. The fraction of sp³-hybridized carbons (Fsp3) is 0.560. The molecular weight excluding hydrogens is 438 g/mol. The van der Waals surface area contributed by atoms with Crippen molar-refractivity contribution in [2.24, 2.45) is 17.8 Å². The zero-order chi connectivity index (χ0) is 24.8. The molecule has 0 aliphatic rings. The summed E-state index contributed by atoms with van der Waals surface area (Å²) in [5, 5.41) is 14.4. The van der Waals surface area contributed by atoms with Crippen LogP contribution < -0.4 is 10.8 Å². The van der Waals surface area contributed by atoms with Gasteiger partial charge in [-0.15, -0.1) is 0 Å². The molecular formula is C25H39N3O4S. The van der Waals surface area contributed by atoms with Crippen LogP contribution in [0.15, 0.2) is 41.3 Å². The lowest BCUT2D eigenvalue weighted by Gasteiger charge is -2.32. The second kappa shape index (κ2) is 11.8. The van der Waals surface area contributed by atoms with Crippen molar-refractivity contribution < 1.29 is 18.4 Å². The van der Waals surface area contributed by atoms with E-state index in [0.29, 0.717) is 12.3 Å². The maximum Gasteiger partial charge on any atom is 0.262 e. The average Bonchev–Trinajstić information content (AvgIpc) is 2.74. The molecule has 0 spiro atoms. The maximum atomic E-state index is 13.7. The first kappa shape index (κ1) is 27.1. The van der Waals surface area contributed by atoms with E-state index in [4.69, 9.17) is 0 Å². The Morgan fingerprint density at radius 1 is 0.939 bits per heavy atom. The van der Waals surface area contributed by atoms with Crippen LogP contribution >= 0.6 is 0 Å². The van der Waals surface area contributed by atoms with Crippen LogP contribution in [0.2, 0.25) is 0 Å². The van der Waals surface area contributed by atoms with Crippen LogP contribution in [0.3, 0.4) is 0 Å². The number of hydrogen-bond donors (Lipinski definition) is 3. The van der Waals surface area contributed by atoms with Crippen molar-refractivity contribution >= 4 is 32.4 Å². The minimum atomic E-state index is -3.99. The van der Waals surface area contributed by atoms with Crippen LogP contribution in [0.4, 0.5) is 5.69 Å². The number of nitrogens with one attached hydrogen (secondary N) is 2. The first-order valence-electron chi connectivity index (χ1n) is 11.7. The Morgan fingerprint density at radius 2 is 1.58 bits per heavy atom. The van der Waals surface area contributed by atoms with Gasteiger partial charge in [0.25, 0.3) is 5.91 Å². The topological polar surface area (TPSA) is 98.7 Å². The molecule has 2 aromatic carbocycles. The molecule has 1 unspecified atom stereocenters. The smallest absolute Gasteiger partial charge is 0.262 e. The van der Waals surface area contributed by atoms with Gasteiger partial charge >= 0.3 is 0 Å². The Balaban J connectivity index is 2.47. The molecule has 2 rings (SSSR count). The highest BCUT2D eigenvalue weighted by Gasteiger charge is 2.37. The van der Waals surface area contributed by atoms with E-state index in [1.807, 2.05) is 32.0 Å². The standard InChI is InChI=1S/C25H39N3O4S/c1-17(2)11-13-26-22-9-7-20-8-10-23(16-21(20)15-22)33(31,32)28(14-12-18(3)4)24(19(5)6)25(29)27-30/h7-10,15-19,24,26,30H,11-14H2,1-6H3,(H,27,29). The number of carbonyl (C=O) groups excluding carboxylic acids is 1. The zero-order valence-electron chi connectivity index (χ0n) is 20.6. The van der Waals surface area contributed by atoms with E-state index in [0.717, 1.165) is 29.4 Å². The van der Waals surface area contributed by atoms with Gasteiger partial charge in [-0.25, -0.2) is 13.9 Å². The second-order valence-electron chi connectivity index (χ2n) is 9.80. The van der Waals surface area contributed by atoms with Gasteiger partial charge in [-0.2, -0.15) is 4.31 Å². The number of hydrogen-bond acceptors (Lipinski definition) is 5. The molecule has 3 N–H and O–H groups in total. The fourth-order valence-corrected chi connectivity index (χ4v) is 5.53. The predicted molar refractivity (Wildman–Crippen MR) is 134 cm³/mol. The predicted octanol–water partition coefficient (Wildman–Crippen LogP) is 4.86. The number of benzene rings is 2. The molecule has 0 saturated carbocycles. The van der Waals surface area contributed by atoms with Crippen LogP contribution in [-0.2, 0) is 14.8 Å². The first-order valence-corrected chi connectivity index (χ1v) is 13.1. The number of carbonyl (C=O) groups is 1.